The molecule has 0 amide bonds. The Labute approximate surface area is 219 Å². The van der Waals surface area contributed by atoms with Crippen LogP contribution in [0.3, 0.4) is 0 Å². The molecule has 0 saturated heterocycles. The summed E-state index contributed by atoms with van der Waals surface area (Å²) in [4.78, 5) is 17.1. The zero-order chi connectivity index (χ0) is 26.2. The zero-order valence-corrected chi connectivity index (χ0v) is 24.6. The molecule has 0 aliphatic carbocycles. The molecule has 0 atom stereocenters. The maximum atomic E-state index is 12.2. The summed E-state index contributed by atoms with van der Waals surface area (Å²) in [7, 11) is 0. The first-order valence-electron chi connectivity index (χ1n) is 15.1. The number of ether oxygens (including phenoxy) is 2. The minimum atomic E-state index is -0.0676. The van der Waals surface area contributed by atoms with Gasteiger partial charge in [-0.15, -0.1) is 0 Å². The Kier molecular flexibility index (Phi) is 24.6. The van der Waals surface area contributed by atoms with Crippen LogP contribution in [0.2, 0.25) is 0 Å². The van der Waals surface area contributed by atoms with Crippen molar-refractivity contribution in [1.82, 2.24) is 9.80 Å². The fraction of sp³-hybridized carbons (Fsp3) is 0.967. The largest absolute Gasteiger partial charge is 0.466 e. The summed E-state index contributed by atoms with van der Waals surface area (Å²) in [5, 5.41) is 0. The van der Waals surface area contributed by atoms with Crippen LogP contribution in [-0.4, -0.2) is 73.9 Å². The molecule has 0 aliphatic heterocycles. The maximum absolute atomic E-state index is 12.2. The second-order valence-corrected chi connectivity index (χ2v) is 10.7. The first-order valence-corrected chi connectivity index (χ1v) is 15.1. The van der Waals surface area contributed by atoms with Gasteiger partial charge in [0.2, 0.25) is 0 Å². The first-order chi connectivity index (χ1) is 16.9. The molecule has 0 radical (unpaired) electrons. The number of nitrogens with zero attached hydrogens (tertiary/aromatic N) is 2. The van der Waals surface area contributed by atoms with Crippen molar-refractivity contribution < 1.29 is 14.3 Å². The molecule has 0 heterocycles. The third-order valence-electron chi connectivity index (χ3n) is 6.76. The Hall–Kier alpha value is -0.650. The zero-order valence-electron chi connectivity index (χ0n) is 24.6. The van der Waals surface area contributed by atoms with E-state index in [0.29, 0.717) is 25.1 Å². The molecular formula is C30H62N2O3. The Morgan fingerprint density at radius 1 is 0.600 bits per heavy atom. The van der Waals surface area contributed by atoms with Crippen LogP contribution in [-0.2, 0) is 14.3 Å². The SMILES string of the molecule is CCCCCCCCCCCCOCCCCOC(=O)CCN(CCC)CCN(C(C)C)C(C)C. The fourth-order valence-corrected chi connectivity index (χ4v) is 4.63. The highest BCUT2D eigenvalue weighted by Crippen LogP contribution is 2.10. The van der Waals surface area contributed by atoms with Crippen molar-refractivity contribution in [2.24, 2.45) is 0 Å². The number of hydrogen-bond acceptors (Lipinski definition) is 5. The van der Waals surface area contributed by atoms with Gasteiger partial charge in [0.15, 0.2) is 0 Å². The van der Waals surface area contributed by atoms with Crippen molar-refractivity contribution in [3.8, 4) is 0 Å². The van der Waals surface area contributed by atoms with Gasteiger partial charge in [-0.3, -0.25) is 9.69 Å². The minimum Gasteiger partial charge on any atom is -0.466 e. The molecule has 0 N–H and O–H groups in total. The van der Waals surface area contributed by atoms with Gasteiger partial charge < -0.3 is 14.4 Å². The van der Waals surface area contributed by atoms with Crippen LogP contribution in [0.25, 0.3) is 0 Å². The lowest BCUT2D eigenvalue weighted by atomic mass is 10.1. The van der Waals surface area contributed by atoms with Gasteiger partial charge in [0.1, 0.15) is 0 Å². The number of carbonyl (C=O) groups is 1. The van der Waals surface area contributed by atoms with Crippen LogP contribution in [0, 0.1) is 0 Å². The van der Waals surface area contributed by atoms with E-state index in [2.05, 4.69) is 51.3 Å². The summed E-state index contributed by atoms with van der Waals surface area (Å²) >= 11 is 0. The quantitative estimate of drug-likeness (QED) is 0.0914. The van der Waals surface area contributed by atoms with E-state index in [0.717, 1.165) is 58.7 Å². The van der Waals surface area contributed by atoms with Crippen molar-refractivity contribution in [1.29, 1.82) is 0 Å². The van der Waals surface area contributed by atoms with Crippen LogP contribution < -0.4 is 0 Å². The van der Waals surface area contributed by atoms with Crippen molar-refractivity contribution >= 4 is 5.97 Å². The maximum Gasteiger partial charge on any atom is 0.307 e. The van der Waals surface area contributed by atoms with Gasteiger partial charge in [-0.05, 0) is 59.9 Å². The van der Waals surface area contributed by atoms with E-state index in [1.54, 1.807) is 0 Å². The summed E-state index contributed by atoms with van der Waals surface area (Å²) in [6, 6.07) is 1.09. The van der Waals surface area contributed by atoms with Gasteiger partial charge in [0, 0.05) is 44.9 Å². The molecule has 5 heteroatoms. The number of carbonyl (C=O) groups excluding carboxylic acids is 1. The summed E-state index contributed by atoms with van der Waals surface area (Å²) in [5.41, 5.74) is 0. The Bertz CT molecular complexity index is 449. The monoisotopic (exact) mass is 498 g/mol. The van der Waals surface area contributed by atoms with E-state index in [4.69, 9.17) is 9.47 Å². The fourth-order valence-electron chi connectivity index (χ4n) is 4.63. The van der Waals surface area contributed by atoms with Crippen molar-refractivity contribution in [3.63, 3.8) is 0 Å². The molecule has 0 aromatic heterocycles. The van der Waals surface area contributed by atoms with Gasteiger partial charge in [-0.25, -0.2) is 0 Å². The van der Waals surface area contributed by atoms with Crippen LogP contribution in [0.1, 0.15) is 131 Å². The van der Waals surface area contributed by atoms with Crippen molar-refractivity contribution in [2.45, 2.75) is 144 Å². The highest BCUT2D eigenvalue weighted by molar-refractivity contribution is 5.69. The van der Waals surface area contributed by atoms with E-state index < -0.39 is 0 Å². The molecule has 0 rings (SSSR count). The van der Waals surface area contributed by atoms with Crippen molar-refractivity contribution in [3.05, 3.63) is 0 Å². The molecule has 0 unspecified atom stereocenters. The van der Waals surface area contributed by atoms with E-state index >= 15 is 0 Å². The molecule has 0 saturated carbocycles. The molecule has 5 nitrogen and oxygen atoms in total. The molecule has 0 bridgehead atoms. The molecular weight excluding hydrogens is 436 g/mol. The predicted molar refractivity (Wildman–Crippen MR) is 151 cm³/mol. The van der Waals surface area contributed by atoms with Gasteiger partial charge in [-0.1, -0.05) is 71.6 Å². The molecule has 0 aromatic carbocycles. The smallest absolute Gasteiger partial charge is 0.307 e. The van der Waals surface area contributed by atoms with E-state index in [-0.39, 0.29) is 5.97 Å². The minimum absolute atomic E-state index is 0.0676. The molecule has 0 aromatic rings. The Balaban J connectivity index is 3.62. The van der Waals surface area contributed by atoms with Crippen LogP contribution in [0.4, 0.5) is 0 Å². The topological polar surface area (TPSA) is 42.0 Å². The van der Waals surface area contributed by atoms with Crippen LogP contribution in [0.15, 0.2) is 0 Å². The molecule has 0 spiro atoms. The number of rotatable bonds is 26. The summed E-state index contributed by atoms with van der Waals surface area (Å²) < 4.78 is 11.2. The highest BCUT2D eigenvalue weighted by atomic mass is 16.5. The van der Waals surface area contributed by atoms with Gasteiger partial charge in [-0.2, -0.15) is 0 Å². The van der Waals surface area contributed by atoms with Gasteiger partial charge in [0.25, 0.3) is 0 Å². The number of hydrogen-bond donors (Lipinski definition) is 0. The second-order valence-electron chi connectivity index (χ2n) is 10.7. The highest BCUT2D eigenvalue weighted by Gasteiger charge is 2.15. The lowest BCUT2D eigenvalue weighted by Crippen LogP contribution is -2.43. The average molecular weight is 499 g/mol. The summed E-state index contributed by atoms with van der Waals surface area (Å²) in [5.74, 6) is -0.0676. The molecule has 210 valence electrons. The van der Waals surface area contributed by atoms with E-state index in [1.165, 1.54) is 64.2 Å². The predicted octanol–water partition coefficient (Wildman–Crippen LogP) is 7.47. The van der Waals surface area contributed by atoms with E-state index in [1.807, 2.05) is 0 Å². The van der Waals surface area contributed by atoms with Crippen LogP contribution >= 0.6 is 0 Å². The van der Waals surface area contributed by atoms with Crippen LogP contribution in [0.5, 0.6) is 0 Å². The van der Waals surface area contributed by atoms with Crippen molar-refractivity contribution in [2.75, 3.05) is 46.0 Å². The first kappa shape index (κ1) is 34.4. The van der Waals surface area contributed by atoms with Gasteiger partial charge >= 0.3 is 5.97 Å². The average Bonchev–Trinajstić information content (AvgIpc) is 2.81. The Morgan fingerprint density at radius 2 is 1.11 bits per heavy atom. The summed E-state index contributed by atoms with van der Waals surface area (Å²) in [6.45, 7) is 19.5. The Morgan fingerprint density at radius 3 is 1.66 bits per heavy atom. The number of esters is 1. The lowest BCUT2D eigenvalue weighted by molar-refractivity contribution is -0.144. The third-order valence-corrected chi connectivity index (χ3v) is 6.76. The second kappa shape index (κ2) is 25.0. The summed E-state index contributed by atoms with van der Waals surface area (Å²) in [6.07, 6.45) is 17.0. The molecule has 0 aliphatic rings. The lowest BCUT2D eigenvalue weighted by Gasteiger charge is -2.33. The third kappa shape index (κ3) is 22.3. The van der Waals surface area contributed by atoms with Gasteiger partial charge in [0.05, 0.1) is 13.0 Å². The van der Waals surface area contributed by atoms with E-state index in [9.17, 15) is 4.79 Å². The molecule has 35 heavy (non-hydrogen) atoms. The number of unbranched alkanes of at least 4 members (excludes halogenated alkanes) is 10. The standard InChI is InChI=1S/C30H62N2O3/c1-7-9-10-11-12-13-14-15-16-17-25-34-26-18-19-27-35-30(33)20-22-31(21-8-2)23-24-32(28(3)4)29(5)6/h28-29H,7-27H2,1-6H3. The normalized spacial score (nSPS) is 11.9. The molecule has 0 fully saturated rings.